The van der Waals surface area contributed by atoms with E-state index < -0.39 is 0 Å². The number of benzene rings is 1. The van der Waals surface area contributed by atoms with E-state index in [2.05, 4.69) is 16.0 Å². The van der Waals surface area contributed by atoms with Crippen molar-refractivity contribution in [1.29, 1.82) is 5.26 Å². The van der Waals surface area contributed by atoms with E-state index in [4.69, 9.17) is 5.26 Å². The average Bonchev–Trinajstić information content (AvgIpc) is 2.82. The number of rotatable bonds is 1. The third kappa shape index (κ3) is 1.64. The molecule has 0 bridgehead atoms. The number of nitrogens with zero attached hydrogens (tertiary/aromatic N) is 4. The first-order valence-corrected chi connectivity index (χ1v) is 5.16. The molecule has 0 amide bonds. The topological polar surface area (TPSA) is 54.0 Å². The van der Waals surface area contributed by atoms with Crippen molar-refractivity contribution in [3.05, 3.63) is 54.6 Å². The summed E-state index contributed by atoms with van der Waals surface area (Å²) >= 11 is 0. The lowest BCUT2D eigenvalue weighted by molar-refractivity contribution is 1.13. The third-order valence-corrected chi connectivity index (χ3v) is 2.57. The normalized spacial score (nSPS) is 10.3. The first-order chi connectivity index (χ1) is 8.36. The Morgan fingerprint density at radius 2 is 2.00 bits per heavy atom. The summed E-state index contributed by atoms with van der Waals surface area (Å²) in [5, 5.41) is 8.74. The maximum absolute atomic E-state index is 8.74. The Morgan fingerprint density at radius 3 is 2.71 bits per heavy atom. The molecule has 4 nitrogen and oxygen atoms in total. The summed E-state index contributed by atoms with van der Waals surface area (Å²) in [6.07, 6.45) is 7.23. The molecule has 0 saturated heterocycles. The van der Waals surface area contributed by atoms with E-state index in [-0.39, 0.29) is 0 Å². The molecule has 3 rings (SSSR count). The molecule has 2 aromatic heterocycles. The number of nitriles is 1. The van der Waals surface area contributed by atoms with Crippen LogP contribution in [-0.4, -0.2) is 14.4 Å². The van der Waals surface area contributed by atoms with Gasteiger partial charge in [0.2, 0.25) is 0 Å². The van der Waals surface area contributed by atoms with E-state index in [0.29, 0.717) is 5.56 Å². The maximum atomic E-state index is 8.74. The van der Waals surface area contributed by atoms with Crippen LogP contribution in [0.3, 0.4) is 0 Å². The minimum Gasteiger partial charge on any atom is -0.304 e. The smallest absolute Gasteiger partial charge is 0.155 e. The summed E-state index contributed by atoms with van der Waals surface area (Å²) in [4.78, 5) is 8.48. The van der Waals surface area contributed by atoms with Gasteiger partial charge in [0, 0.05) is 24.2 Å². The van der Waals surface area contributed by atoms with Crippen molar-refractivity contribution in [2.24, 2.45) is 0 Å². The van der Waals surface area contributed by atoms with Crippen LogP contribution in [0.2, 0.25) is 0 Å². The van der Waals surface area contributed by atoms with Crippen LogP contribution in [0, 0.1) is 11.3 Å². The van der Waals surface area contributed by atoms with Gasteiger partial charge in [-0.1, -0.05) is 12.1 Å². The Hall–Kier alpha value is -2.67. The third-order valence-electron chi connectivity index (χ3n) is 2.57. The average molecular weight is 220 g/mol. The molecule has 0 aliphatic rings. The van der Waals surface area contributed by atoms with Crippen LogP contribution >= 0.6 is 0 Å². The molecule has 17 heavy (non-hydrogen) atoms. The lowest BCUT2D eigenvalue weighted by atomic mass is 10.1. The van der Waals surface area contributed by atoms with Gasteiger partial charge in [0.05, 0.1) is 23.5 Å². The van der Waals surface area contributed by atoms with Gasteiger partial charge < -0.3 is 4.40 Å². The van der Waals surface area contributed by atoms with Gasteiger partial charge in [-0.2, -0.15) is 5.26 Å². The minimum atomic E-state index is 0.652. The van der Waals surface area contributed by atoms with Crippen molar-refractivity contribution in [3.63, 3.8) is 0 Å². The van der Waals surface area contributed by atoms with Crippen molar-refractivity contribution < 1.29 is 0 Å². The fourth-order valence-corrected chi connectivity index (χ4v) is 1.70. The van der Waals surface area contributed by atoms with E-state index in [9.17, 15) is 0 Å². The zero-order valence-electron chi connectivity index (χ0n) is 8.91. The Balaban J connectivity index is 2.11. The van der Waals surface area contributed by atoms with Gasteiger partial charge in [0.1, 0.15) is 0 Å². The van der Waals surface area contributed by atoms with Gasteiger partial charge in [-0.3, -0.25) is 4.98 Å². The zero-order chi connectivity index (χ0) is 11.7. The molecule has 1 aromatic carbocycles. The van der Waals surface area contributed by atoms with Gasteiger partial charge in [-0.25, -0.2) is 4.98 Å². The van der Waals surface area contributed by atoms with Gasteiger partial charge in [-0.15, -0.1) is 0 Å². The second-order valence-corrected chi connectivity index (χ2v) is 3.66. The van der Waals surface area contributed by atoms with Gasteiger partial charge in [0.15, 0.2) is 5.65 Å². The fraction of sp³-hybridized carbons (Fsp3) is 0. The Morgan fingerprint density at radius 1 is 1.18 bits per heavy atom. The molecule has 3 aromatic rings. The Labute approximate surface area is 97.8 Å². The number of hydrogen-bond donors (Lipinski definition) is 0. The maximum Gasteiger partial charge on any atom is 0.155 e. The van der Waals surface area contributed by atoms with E-state index in [1.165, 1.54) is 0 Å². The first kappa shape index (κ1) is 9.55. The number of fused-ring (bicyclic) bond motifs is 1. The van der Waals surface area contributed by atoms with Crippen LogP contribution in [0.15, 0.2) is 49.1 Å². The summed E-state index contributed by atoms with van der Waals surface area (Å²) in [5.41, 5.74) is 3.33. The number of aromatic nitrogens is 3. The van der Waals surface area contributed by atoms with E-state index in [0.717, 1.165) is 16.9 Å². The highest BCUT2D eigenvalue weighted by Gasteiger charge is 2.03. The SMILES string of the molecule is N#Cc1ccc(-c2cn3ccncc3n2)cc1. The summed E-state index contributed by atoms with van der Waals surface area (Å²) in [5.74, 6) is 0. The van der Waals surface area contributed by atoms with Gasteiger partial charge >= 0.3 is 0 Å². The monoisotopic (exact) mass is 220 g/mol. The standard InChI is InChI=1S/C13H8N4/c14-7-10-1-3-11(4-2-10)12-9-17-6-5-15-8-13(17)16-12/h1-6,8-9H. The molecule has 0 fully saturated rings. The molecule has 0 saturated carbocycles. The van der Waals surface area contributed by atoms with Crippen LogP contribution in [0.4, 0.5) is 0 Å². The summed E-state index contributed by atoms with van der Waals surface area (Å²) in [7, 11) is 0. The highest BCUT2D eigenvalue weighted by molar-refractivity contribution is 5.63. The van der Waals surface area contributed by atoms with E-state index >= 15 is 0 Å². The molecule has 0 N–H and O–H groups in total. The molecule has 80 valence electrons. The quantitative estimate of drug-likeness (QED) is 0.632. The molecule has 0 unspecified atom stereocenters. The molecule has 0 radical (unpaired) electrons. The van der Waals surface area contributed by atoms with Gasteiger partial charge in [-0.05, 0) is 12.1 Å². The highest BCUT2D eigenvalue weighted by atomic mass is 15.0. The van der Waals surface area contributed by atoms with Crippen molar-refractivity contribution in [2.45, 2.75) is 0 Å². The molecule has 0 atom stereocenters. The Kier molecular flexibility index (Phi) is 2.09. The highest BCUT2D eigenvalue weighted by Crippen LogP contribution is 2.18. The van der Waals surface area contributed by atoms with Crippen molar-refractivity contribution in [3.8, 4) is 17.3 Å². The van der Waals surface area contributed by atoms with Crippen LogP contribution < -0.4 is 0 Å². The van der Waals surface area contributed by atoms with Gasteiger partial charge in [0.25, 0.3) is 0 Å². The fourth-order valence-electron chi connectivity index (χ4n) is 1.70. The van der Waals surface area contributed by atoms with Crippen molar-refractivity contribution >= 4 is 5.65 Å². The van der Waals surface area contributed by atoms with Crippen molar-refractivity contribution in [2.75, 3.05) is 0 Å². The number of imidazole rings is 1. The van der Waals surface area contributed by atoms with E-state index in [1.807, 2.05) is 28.9 Å². The van der Waals surface area contributed by atoms with Crippen LogP contribution in [0.25, 0.3) is 16.9 Å². The molecule has 0 spiro atoms. The van der Waals surface area contributed by atoms with E-state index in [1.54, 1.807) is 24.5 Å². The van der Waals surface area contributed by atoms with Crippen LogP contribution in [0.1, 0.15) is 5.56 Å². The lowest BCUT2D eigenvalue weighted by Gasteiger charge is -1.94. The summed E-state index contributed by atoms with van der Waals surface area (Å²) < 4.78 is 1.92. The molecular weight excluding hydrogens is 212 g/mol. The largest absolute Gasteiger partial charge is 0.304 e. The van der Waals surface area contributed by atoms with Crippen LogP contribution in [0.5, 0.6) is 0 Å². The predicted molar refractivity (Wildman–Crippen MR) is 63.1 cm³/mol. The lowest BCUT2D eigenvalue weighted by Crippen LogP contribution is -1.81. The molecule has 2 heterocycles. The molecule has 0 aliphatic heterocycles. The Bertz CT molecular complexity index is 671. The molecular formula is C13H8N4. The van der Waals surface area contributed by atoms with Crippen molar-refractivity contribution in [1.82, 2.24) is 14.4 Å². The molecule has 4 heteroatoms. The zero-order valence-corrected chi connectivity index (χ0v) is 8.91. The molecule has 0 aliphatic carbocycles. The van der Waals surface area contributed by atoms with Crippen LogP contribution in [-0.2, 0) is 0 Å². The summed E-state index contributed by atoms with van der Waals surface area (Å²) in [6, 6.07) is 9.47. The number of hydrogen-bond acceptors (Lipinski definition) is 3. The minimum absolute atomic E-state index is 0.652. The first-order valence-electron chi connectivity index (χ1n) is 5.16. The predicted octanol–water partition coefficient (Wildman–Crippen LogP) is 2.27. The second-order valence-electron chi connectivity index (χ2n) is 3.66. The second kappa shape index (κ2) is 3.72. The summed E-state index contributed by atoms with van der Waals surface area (Å²) in [6.45, 7) is 0.